The van der Waals surface area contributed by atoms with Gasteiger partial charge in [-0.3, -0.25) is 4.79 Å². The lowest BCUT2D eigenvalue weighted by atomic mass is 9.93. The quantitative estimate of drug-likeness (QED) is 0.282. The number of methoxy groups -OCH3 is 1. The largest absolute Gasteiger partial charge is 0.497 e. The van der Waals surface area contributed by atoms with Crippen LogP contribution in [0.3, 0.4) is 0 Å². The van der Waals surface area contributed by atoms with Gasteiger partial charge in [-0.25, -0.2) is 9.79 Å². The molecule has 0 aromatic heterocycles. The zero-order valence-corrected chi connectivity index (χ0v) is 23.6. The van der Waals surface area contributed by atoms with E-state index < -0.39 is 23.8 Å². The Hall–Kier alpha value is -4.45. The van der Waals surface area contributed by atoms with Crippen LogP contribution < -0.4 is 20.7 Å². The Labute approximate surface area is 245 Å². The molecule has 3 aromatic carbocycles. The summed E-state index contributed by atoms with van der Waals surface area (Å²) in [6.07, 6.45) is -3.69. The molecule has 0 radical (unpaired) electrons. The van der Waals surface area contributed by atoms with Crippen molar-refractivity contribution in [3.05, 3.63) is 95.2 Å². The van der Waals surface area contributed by atoms with Gasteiger partial charge in [-0.05, 0) is 67.4 Å². The predicted octanol–water partition coefficient (Wildman–Crippen LogP) is 7.12. The molecule has 1 atom stereocenters. The first-order valence-corrected chi connectivity index (χ1v) is 14.1. The second kappa shape index (κ2) is 12.2. The van der Waals surface area contributed by atoms with Gasteiger partial charge in [-0.1, -0.05) is 36.0 Å². The Bertz CT molecular complexity index is 1540. The second-order valence-electron chi connectivity index (χ2n) is 9.62. The molecule has 3 aromatic rings. The number of fused-ring (bicyclic) bond motifs is 1. The smallest absolute Gasteiger partial charge is 0.418 e. The third kappa shape index (κ3) is 6.38. The second-order valence-corrected chi connectivity index (χ2v) is 10.7. The number of rotatable bonds is 6. The Morgan fingerprint density at radius 2 is 1.62 bits per heavy atom. The summed E-state index contributed by atoms with van der Waals surface area (Å²) < 4.78 is 45.1. The molecule has 0 bridgehead atoms. The van der Waals surface area contributed by atoms with E-state index in [0.717, 1.165) is 29.0 Å². The highest BCUT2D eigenvalue weighted by atomic mass is 32.2. The third-order valence-corrected chi connectivity index (χ3v) is 7.89. The van der Waals surface area contributed by atoms with Crippen LogP contribution in [0.25, 0.3) is 0 Å². The topological polar surface area (TPSA) is 95.1 Å². The van der Waals surface area contributed by atoms with Crippen molar-refractivity contribution in [3.8, 4) is 5.75 Å². The lowest BCUT2D eigenvalue weighted by Gasteiger charge is -2.41. The molecule has 0 aliphatic carbocycles. The number of halogens is 3. The minimum atomic E-state index is -4.61. The number of alkyl halides is 3. The molecule has 1 fully saturated rings. The minimum absolute atomic E-state index is 0.286. The summed E-state index contributed by atoms with van der Waals surface area (Å²) in [6, 6.07) is 17.5. The zero-order valence-electron chi connectivity index (χ0n) is 22.8. The number of amidine groups is 1. The SMILES string of the molecule is COc1ccc(NC(=O)C2=C(C)N=C3SCCCN3C2c2ccc(NC(=O)Nc3ccccc3C(F)(F)F)cc2)cc1. The Morgan fingerprint density at radius 1 is 0.952 bits per heavy atom. The van der Waals surface area contributed by atoms with Gasteiger partial charge in [0.2, 0.25) is 0 Å². The summed E-state index contributed by atoms with van der Waals surface area (Å²) in [7, 11) is 1.57. The van der Waals surface area contributed by atoms with E-state index in [1.165, 1.54) is 18.2 Å². The molecule has 2 heterocycles. The maximum atomic E-state index is 13.6. The highest BCUT2D eigenvalue weighted by Crippen LogP contribution is 2.40. The van der Waals surface area contributed by atoms with Crippen molar-refractivity contribution in [3.63, 3.8) is 0 Å². The van der Waals surface area contributed by atoms with Gasteiger partial charge in [0.25, 0.3) is 5.91 Å². The van der Waals surface area contributed by atoms with Crippen molar-refractivity contribution in [2.24, 2.45) is 4.99 Å². The maximum Gasteiger partial charge on any atom is 0.418 e. The van der Waals surface area contributed by atoms with Crippen molar-refractivity contribution in [2.45, 2.75) is 25.6 Å². The molecule has 1 saturated heterocycles. The van der Waals surface area contributed by atoms with Crippen LogP contribution in [0.15, 0.2) is 89.1 Å². The fourth-order valence-corrected chi connectivity index (χ4v) is 5.87. The first kappa shape index (κ1) is 29.1. The minimum Gasteiger partial charge on any atom is -0.497 e. The number of nitrogens with one attached hydrogen (secondary N) is 3. The van der Waals surface area contributed by atoms with E-state index in [4.69, 9.17) is 9.73 Å². The van der Waals surface area contributed by atoms with Crippen LogP contribution in [-0.2, 0) is 11.0 Å². The lowest BCUT2D eigenvalue weighted by molar-refractivity contribution is -0.136. The number of amides is 3. The van der Waals surface area contributed by atoms with Gasteiger partial charge in [0.1, 0.15) is 5.75 Å². The molecule has 5 rings (SSSR count). The molecule has 1 unspecified atom stereocenters. The number of allylic oxidation sites excluding steroid dienone is 1. The van der Waals surface area contributed by atoms with Gasteiger partial charge < -0.3 is 25.6 Å². The standard InChI is InChI=1S/C30H28F3N5O3S/c1-18-25(27(39)35-20-12-14-22(41-2)15-13-20)26(38-16-5-17-42-29(38)34-18)19-8-10-21(11-9-19)36-28(40)37-24-7-4-3-6-23(24)30(31,32)33/h3-4,6-15,26H,5,16-17H2,1-2H3,(H,35,39)(H2,36,37,40). The van der Waals surface area contributed by atoms with Crippen LogP contribution in [0.1, 0.15) is 30.5 Å². The molecule has 12 heteroatoms. The van der Waals surface area contributed by atoms with E-state index in [9.17, 15) is 22.8 Å². The lowest BCUT2D eigenvalue weighted by Crippen LogP contribution is -2.43. The van der Waals surface area contributed by atoms with Crippen molar-refractivity contribution < 1.29 is 27.5 Å². The maximum absolute atomic E-state index is 13.6. The summed E-state index contributed by atoms with van der Waals surface area (Å²) in [6.45, 7) is 2.53. The summed E-state index contributed by atoms with van der Waals surface area (Å²) in [5.74, 6) is 1.31. The summed E-state index contributed by atoms with van der Waals surface area (Å²) in [5, 5.41) is 8.66. The number of carbonyl (C=O) groups excluding carboxylic acids is 2. The summed E-state index contributed by atoms with van der Waals surface area (Å²) in [5.41, 5.74) is 1.62. The average Bonchev–Trinajstić information content (AvgIpc) is 2.97. The third-order valence-electron chi connectivity index (χ3n) is 6.82. The highest BCUT2D eigenvalue weighted by molar-refractivity contribution is 8.13. The number of nitrogens with zero attached hydrogens (tertiary/aromatic N) is 2. The summed E-state index contributed by atoms with van der Waals surface area (Å²) >= 11 is 1.64. The van der Waals surface area contributed by atoms with Gasteiger partial charge in [0, 0.05) is 23.7 Å². The van der Waals surface area contributed by atoms with Gasteiger partial charge in [0.05, 0.1) is 35.7 Å². The van der Waals surface area contributed by atoms with Gasteiger partial charge in [-0.15, -0.1) is 0 Å². The van der Waals surface area contributed by atoms with Crippen LogP contribution in [0.2, 0.25) is 0 Å². The molecular weight excluding hydrogens is 567 g/mol. The van der Waals surface area contributed by atoms with Crippen molar-refractivity contribution >= 4 is 45.9 Å². The van der Waals surface area contributed by atoms with Crippen molar-refractivity contribution in [2.75, 3.05) is 35.4 Å². The number of hydrogen-bond acceptors (Lipinski definition) is 6. The van der Waals surface area contributed by atoms with E-state index >= 15 is 0 Å². The highest BCUT2D eigenvalue weighted by Gasteiger charge is 2.37. The van der Waals surface area contributed by atoms with E-state index in [1.807, 2.05) is 6.92 Å². The molecule has 3 amide bonds. The molecule has 2 aliphatic heterocycles. The number of aliphatic imine (C=N–C) groups is 1. The predicted molar refractivity (Wildman–Crippen MR) is 159 cm³/mol. The number of benzene rings is 3. The van der Waals surface area contributed by atoms with E-state index in [2.05, 4.69) is 20.9 Å². The van der Waals surface area contributed by atoms with Crippen LogP contribution in [0.4, 0.5) is 35.0 Å². The van der Waals surface area contributed by atoms with Crippen LogP contribution in [0.5, 0.6) is 5.75 Å². The number of para-hydroxylation sites is 1. The monoisotopic (exact) mass is 595 g/mol. The molecule has 2 aliphatic rings. The first-order valence-electron chi connectivity index (χ1n) is 13.1. The fraction of sp³-hybridized carbons (Fsp3) is 0.233. The molecule has 8 nitrogen and oxygen atoms in total. The van der Waals surface area contributed by atoms with Gasteiger partial charge >= 0.3 is 12.2 Å². The van der Waals surface area contributed by atoms with Crippen LogP contribution >= 0.6 is 11.8 Å². The summed E-state index contributed by atoms with van der Waals surface area (Å²) in [4.78, 5) is 33.0. The first-order chi connectivity index (χ1) is 20.1. The molecule has 218 valence electrons. The zero-order chi connectivity index (χ0) is 29.9. The Morgan fingerprint density at radius 3 is 2.31 bits per heavy atom. The van der Waals surface area contributed by atoms with Gasteiger partial charge in [0.15, 0.2) is 5.17 Å². The fourth-order valence-electron chi connectivity index (χ4n) is 4.85. The van der Waals surface area contributed by atoms with Gasteiger partial charge in [-0.2, -0.15) is 13.2 Å². The molecule has 0 spiro atoms. The van der Waals surface area contributed by atoms with E-state index in [-0.39, 0.29) is 11.6 Å². The van der Waals surface area contributed by atoms with E-state index in [0.29, 0.717) is 34.9 Å². The number of ether oxygens (including phenoxy) is 1. The van der Waals surface area contributed by atoms with E-state index in [1.54, 1.807) is 67.4 Å². The number of hydrogen-bond donors (Lipinski definition) is 3. The van der Waals surface area contributed by atoms with Crippen molar-refractivity contribution in [1.82, 2.24) is 4.90 Å². The van der Waals surface area contributed by atoms with Crippen LogP contribution in [-0.4, -0.2) is 41.4 Å². The number of urea groups is 1. The molecule has 3 N–H and O–H groups in total. The molecule has 0 saturated carbocycles. The normalized spacial score (nSPS) is 16.7. The number of carbonyl (C=O) groups is 2. The molecular formula is C30H28F3N5O3S. The number of anilines is 3. The van der Waals surface area contributed by atoms with Crippen LogP contribution in [0, 0.1) is 0 Å². The Kier molecular flexibility index (Phi) is 8.44. The Balaban J connectivity index is 1.37. The number of thioether (sulfide) groups is 1. The van der Waals surface area contributed by atoms with Crippen molar-refractivity contribution in [1.29, 1.82) is 0 Å². The average molecular weight is 596 g/mol. The molecule has 42 heavy (non-hydrogen) atoms.